The van der Waals surface area contributed by atoms with E-state index < -0.39 is 17.9 Å². The Morgan fingerprint density at radius 3 is 2.40 bits per heavy atom. The van der Waals surface area contributed by atoms with E-state index in [2.05, 4.69) is 19.2 Å². The van der Waals surface area contributed by atoms with Crippen molar-refractivity contribution >= 4 is 11.9 Å². The van der Waals surface area contributed by atoms with Crippen molar-refractivity contribution < 1.29 is 14.3 Å². The Bertz CT molecular complexity index is 336. The molecule has 0 spiro atoms. The topological polar surface area (TPSA) is 81.4 Å². The van der Waals surface area contributed by atoms with Gasteiger partial charge in [-0.15, -0.1) is 0 Å². The van der Waals surface area contributed by atoms with E-state index in [-0.39, 0.29) is 12.0 Å². The largest absolute Gasteiger partial charge is 0.464 e. The Morgan fingerprint density at radius 2 is 1.90 bits per heavy atom. The van der Waals surface area contributed by atoms with Crippen LogP contribution in [0.1, 0.15) is 52.9 Å². The van der Waals surface area contributed by atoms with Crippen molar-refractivity contribution in [1.82, 2.24) is 5.32 Å². The average molecular weight is 284 g/mol. The molecule has 5 nitrogen and oxygen atoms in total. The highest BCUT2D eigenvalue weighted by molar-refractivity contribution is 6.01. The van der Waals surface area contributed by atoms with Crippen molar-refractivity contribution in [3.8, 4) is 0 Å². The lowest BCUT2D eigenvalue weighted by molar-refractivity contribution is -0.148. The molecule has 0 aromatic rings. The van der Waals surface area contributed by atoms with Crippen molar-refractivity contribution in [3.05, 3.63) is 0 Å². The molecule has 1 unspecified atom stereocenters. The minimum absolute atomic E-state index is 0.179. The molecule has 20 heavy (non-hydrogen) atoms. The number of nitrogens with one attached hydrogen (secondary N) is 1. The number of hydrogen-bond donors (Lipinski definition) is 2. The number of carbonyl (C=O) groups is 2. The van der Waals surface area contributed by atoms with Gasteiger partial charge in [0.25, 0.3) is 0 Å². The van der Waals surface area contributed by atoms with Crippen molar-refractivity contribution in [2.75, 3.05) is 13.2 Å². The predicted molar refractivity (Wildman–Crippen MR) is 78.0 cm³/mol. The quantitative estimate of drug-likeness (QED) is 0.549. The van der Waals surface area contributed by atoms with Crippen LogP contribution in [0.2, 0.25) is 0 Å². The first-order chi connectivity index (χ1) is 9.40. The van der Waals surface area contributed by atoms with E-state index in [1.807, 2.05) is 0 Å². The Labute approximate surface area is 121 Å². The van der Waals surface area contributed by atoms with Gasteiger partial charge in [0.2, 0.25) is 5.91 Å². The molecule has 0 radical (unpaired) electrons. The molecule has 0 aromatic carbocycles. The van der Waals surface area contributed by atoms with E-state index in [4.69, 9.17) is 10.5 Å². The highest BCUT2D eigenvalue weighted by atomic mass is 16.5. The van der Waals surface area contributed by atoms with Gasteiger partial charge in [0.05, 0.1) is 6.61 Å². The fraction of sp³-hybridized carbons (Fsp3) is 0.867. The zero-order valence-corrected chi connectivity index (χ0v) is 12.9. The molecule has 1 amide bonds. The molecule has 1 fully saturated rings. The molecule has 0 heterocycles. The van der Waals surface area contributed by atoms with Gasteiger partial charge in [0.1, 0.15) is 0 Å². The van der Waals surface area contributed by atoms with Crippen LogP contribution in [0.5, 0.6) is 0 Å². The number of amides is 1. The first-order valence-electron chi connectivity index (χ1n) is 7.60. The highest BCUT2D eigenvalue weighted by Crippen LogP contribution is 2.42. The van der Waals surface area contributed by atoms with Crippen LogP contribution in [0.25, 0.3) is 0 Å². The number of rotatable bonds is 7. The Hall–Kier alpha value is -1.10. The summed E-state index contributed by atoms with van der Waals surface area (Å²) in [5.74, 6) is -0.489. The summed E-state index contributed by atoms with van der Waals surface area (Å²) >= 11 is 0. The number of ether oxygens (including phenoxy) is 1. The van der Waals surface area contributed by atoms with Crippen molar-refractivity contribution in [2.24, 2.45) is 17.1 Å². The summed E-state index contributed by atoms with van der Waals surface area (Å²) in [6.07, 6.45) is 5.81. The monoisotopic (exact) mass is 284 g/mol. The SMILES string of the molecule is CCOC(=O)C(N)C(=O)NCC1(CC(C)C)CCCC1. The van der Waals surface area contributed by atoms with E-state index in [0.717, 1.165) is 19.3 Å². The first kappa shape index (κ1) is 17.0. The van der Waals surface area contributed by atoms with E-state index in [9.17, 15) is 9.59 Å². The summed E-state index contributed by atoms with van der Waals surface area (Å²) in [7, 11) is 0. The lowest BCUT2D eigenvalue weighted by Gasteiger charge is -2.31. The number of esters is 1. The molecule has 1 aliphatic rings. The van der Waals surface area contributed by atoms with Crippen molar-refractivity contribution in [2.45, 2.75) is 58.9 Å². The van der Waals surface area contributed by atoms with Gasteiger partial charge in [-0.05, 0) is 37.5 Å². The van der Waals surface area contributed by atoms with Gasteiger partial charge in [0, 0.05) is 6.54 Å². The second-order valence-electron chi connectivity index (χ2n) is 6.25. The molecule has 1 aliphatic carbocycles. The van der Waals surface area contributed by atoms with Crippen LogP contribution in [0.4, 0.5) is 0 Å². The summed E-state index contributed by atoms with van der Waals surface area (Å²) in [5, 5.41) is 2.85. The van der Waals surface area contributed by atoms with Crippen LogP contribution >= 0.6 is 0 Å². The summed E-state index contributed by atoms with van der Waals surface area (Å²) in [4.78, 5) is 23.3. The molecular weight excluding hydrogens is 256 g/mol. The normalized spacial score (nSPS) is 18.9. The summed E-state index contributed by atoms with van der Waals surface area (Å²) < 4.78 is 4.76. The smallest absolute Gasteiger partial charge is 0.332 e. The summed E-state index contributed by atoms with van der Waals surface area (Å²) in [6, 6.07) is -1.22. The molecule has 1 atom stereocenters. The minimum Gasteiger partial charge on any atom is -0.464 e. The maximum atomic E-state index is 11.9. The standard InChI is InChI=1S/C15H28N2O3/c1-4-20-14(19)12(16)13(18)17-10-15(9-11(2)3)7-5-6-8-15/h11-12H,4-10,16H2,1-3H3,(H,17,18). The summed E-state index contributed by atoms with van der Waals surface area (Å²) in [5.41, 5.74) is 5.77. The molecule has 0 aliphatic heterocycles. The predicted octanol–water partition coefficient (Wildman–Crippen LogP) is 1.60. The molecule has 0 saturated heterocycles. The van der Waals surface area contributed by atoms with E-state index in [0.29, 0.717) is 12.5 Å². The number of nitrogens with two attached hydrogens (primary N) is 1. The van der Waals surface area contributed by atoms with Crippen molar-refractivity contribution in [3.63, 3.8) is 0 Å². The average Bonchev–Trinajstić information content (AvgIpc) is 2.83. The van der Waals surface area contributed by atoms with Crippen LogP contribution < -0.4 is 11.1 Å². The molecule has 1 rings (SSSR count). The highest BCUT2D eigenvalue weighted by Gasteiger charge is 2.35. The zero-order valence-electron chi connectivity index (χ0n) is 12.9. The lowest BCUT2D eigenvalue weighted by Crippen LogP contribution is -2.49. The van der Waals surface area contributed by atoms with Gasteiger partial charge in [-0.3, -0.25) is 4.79 Å². The third-order valence-corrected chi connectivity index (χ3v) is 3.97. The number of carbonyl (C=O) groups excluding carboxylic acids is 2. The van der Waals surface area contributed by atoms with E-state index in [1.54, 1.807) is 6.92 Å². The minimum atomic E-state index is -1.22. The molecule has 0 aromatic heterocycles. The van der Waals surface area contributed by atoms with Crippen LogP contribution in [-0.4, -0.2) is 31.1 Å². The second kappa shape index (κ2) is 7.62. The molecule has 3 N–H and O–H groups in total. The van der Waals surface area contributed by atoms with Crippen LogP contribution in [-0.2, 0) is 14.3 Å². The lowest BCUT2D eigenvalue weighted by atomic mass is 9.78. The van der Waals surface area contributed by atoms with Crippen molar-refractivity contribution in [1.29, 1.82) is 0 Å². The zero-order chi connectivity index (χ0) is 15.2. The van der Waals surface area contributed by atoms with Crippen LogP contribution in [0.15, 0.2) is 0 Å². The van der Waals surface area contributed by atoms with E-state index in [1.165, 1.54) is 12.8 Å². The second-order valence-corrected chi connectivity index (χ2v) is 6.25. The van der Waals surface area contributed by atoms with Gasteiger partial charge >= 0.3 is 5.97 Å². The molecule has 116 valence electrons. The molecule has 0 bridgehead atoms. The molecule has 1 saturated carbocycles. The fourth-order valence-corrected chi connectivity index (χ4v) is 3.17. The Morgan fingerprint density at radius 1 is 1.30 bits per heavy atom. The van der Waals surface area contributed by atoms with Gasteiger partial charge in [-0.2, -0.15) is 0 Å². The maximum absolute atomic E-state index is 11.9. The molecule has 5 heteroatoms. The first-order valence-corrected chi connectivity index (χ1v) is 7.60. The maximum Gasteiger partial charge on any atom is 0.332 e. The van der Waals surface area contributed by atoms with E-state index >= 15 is 0 Å². The van der Waals surface area contributed by atoms with Gasteiger partial charge in [0.15, 0.2) is 6.04 Å². The fourth-order valence-electron chi connectivity index (χ4n) is 3.17. The Balaban J connectivity index is 2.51. The van der Waals surface area contributed by atoms with Gasteiger partial charge in [-0.25, -0.2) is 4.79 Å². The van der Waals surface area contributed by atoms with Crippen LogP contribution in [0.3, 0.4) is 0 Å². The van der Waals surface area contributed by atoms with Gasteiger partial charge in [-0.1, -0.05) is 26.7 Å². The Kier molecular flexibility index (Phi) is 6.46. The number of hydrogen-bond acceptors (Lipinski definition) is 4. The summed E-state index contributed by atoms with van der Waals surface area (Å²) in [6.45, 7) is 6.94. The third-order valence-electron chi connectivity index (χ3n) is 3.97. The third kappa shape index (κ3) is 4.78. The molecular formula is C15H28N2O3. The van der Waals surface area contributed by atoms with Gasteiger partial charge < -0.3 is 15.8 Å². The van der Waals surface area contributed by atoms with Crippen LogP contribution in [0, 0.1) is 11.3 Å².